The van der Waals surface area contributed by atoms with Crippen LogP contribution in [0.4, 0.5) is 5.69 Å². The number of carbonyl (C=O) groups excluding carboxylic acids is 1. The average Bonchev–Trinajstić information content (AvgIpc) is 3.46. The van der Waals surface area contributed by atoms with Gasteiger partial charge in [0.05, 0.1) is 24.2 Å². The maximum Gasteiger partial charge on any atom is 0.244 e. The molecular formula is C20H19ClN4O2S. The Morgan fingerprint density at radius 2 is 2.25 bits per heavy atom. The minimum Gasteiger partial charge on any atom is -0.495 e. The van der Waals surface area contributed by atoms with Crippen LogP contribution in [0.15, 0.2) is 48.1 Å². The van der Waals surface area contributed by atoms with Crippen LogP contribution in [-0.4, -0.2) is 46.1 Å². The molecule has 0 N–H and O–H groups in total. The Hall–Kier alpha value is -2.35. The van der Waals surface area contributed by atoms with Crippen LogP contribution in [0, 0.1) is 0 Å². The summed E-state index contributed by atoms with van der Waals surface area (Å²) in [6, 6.07) is 9.74. The molecule has 2 aliphatic heterocycles. The molecule has 2 saturated heterocycles. The van der Waals surface area contributed by atoms with E-state index in [1.165, 1.54) is 0 Å². The summed E-state index contributed by atoms with van der Waals surface area (Å²) in [6.45, 7) is 1.58. The Kier molecular flexibility index (Phi) is 4.38. The standard InChI is InChI=1S/C20H19ClN4O2S/c1-27-18-5-4-13(9-16(18)21)25-15-10-17(19(25)26)23(12-15)11-14-3-2-7-24(14)20-22-6-8-28-20/h2-9,15,17H,10-12H2,1H3/t15-,17-/m0/s1. The van der Waals surface area contributed by atoms with Crippen molar-refractivity contribution in [3.8, 4) is 10.9 Å². The minimum absolute atomic E-state index is 0.0921. The number of fused-ring (bicyclic) bond motifs is 2. The summed E-state index contributed by atoms with van der Waals surface area (Å²) in [5.41, 5.74) is 1.99. The Morgan fingerprint density at radius 3 is 2.96 bits per heavy atom. The third-order valence-electron chi connectivity index (χ3n) is 5.51. The van der Waals surface area contributed by atoms with E-state index >= 15 is 0 Å². The second-order valence-corrected chi connectivity index (χ2v) is 8.33. The van der Waals surface area contributed by atoms with Gasteiger partial charge < -0.3 is 9.64 Å². The molecule has 3 aromatic rings. The first-order valence-corrected chi connectivity index (χ1v) is 10.4. The third-order valence-corrected chi connectivity index (χ3v) is 6.57. The number of amides is 1. The SMILES string of the molecule is COc1ccc(N2C(=O)[C@@H]3C[C@H]2CN3Cc2cccn2-c2nccs2)cc1Cl. The van der Waals surface area contributed by atoms with Crippen LogP contribution < -0.4 is 9.64 Å². The molecule has 5 rings (SSSR count). The lowest BCUT2D eigenvalue weighted by molar-refractivity contribution is -0.122. The number of hydrogen-bond acceptors (Lipinski definition) is 5. The molecule has 2 fully saturated rings. The zero-order valence-electron chi connectivity index (χ0n) is 15.3. The molecule has 0 spiro atoms. The molecule has 6 nitrogen and oxygen atoms in total. The van der Waals surface area contributed by atoms with Crippen molar-refractivity contribution in [1.82, 2.24) is 14.5 Å². The van der Waals surface area contributed by atoms with Crippen LogP contribution in [0.1, 0.15) is 12.1 Å². The van der Waals surface area contributed by atoms with Gasteiger partial charge in [-0.25, -0.2) is 4.98 Å². The molecule has 1 aromatic carbocycles. The lowest BCUT2D eigenvalue weighted by Crippen LogP contribution is -2.50. The fourth-order valence-corrected chi connectivity index (χ4v) is 5.17. The zero-order valence-corrected chi connectivity index (χ0v) is 16.9. The Labute approximate surface area is 171 Å². The maximum atomic E-state index is 13.1. The highest BCUT2D eigenvalue weighted by atomic mass is 35.5. The minimum atomic E-state index is -0.0921. The van der Waals surface area contributed by atoms with Crippen molar-refractivity contribution in [2.24, 2.45) is 0 Å². The molecule has 144 valence electrons. The Balaban J connectivity index is 1.35. The number of thiazole rings is 1. The van der Waals surface area contributed by atoms with E-state index < -0.39 is 0 Å². The van der Waals surface area contributed by atoms with Gasteiger partial charge in [-0.1, -0.05) is 11.6 Å². The molecule has 2 aromatic heterocycles. The summed E-state index contributed by atoms with van der Waals surface area (Å²) in [5.74, 6) is 0.761. The summed E-state index contributed by atoms with van der Waals surface area (Å²) in [4.78, 5) is 21.6. The van der Waals surface area contributed by atoms with E-state index in [4.69, 9.17) is 16.3 Å². The molecule has 1 amide bonds. The number of anilines is 1. The van der Waals surface area contributed by atoms with Crippen molar-refractivity contribution in [2.75, 3.05) is 18.6 Å². The van der Waals surface area contributed by atoms with E-state index in [9.17, 15) is 4.79 Å². The van der Waals surface area contributed by atoms with Gasteiger partial charge in [-0.2, -0.15) is 0 Å². The first kappa shape index (κ1) is 17.7. The van der Waals surface area contributed by atoms with Gasteiger partial charge in [-0.05, 0) is 36.8 Å². The van der Waals surface area contributed by atoms with Crippen molar-refractivity contribution in [1.29, 1.82) is 0 Å². The van der Waals surface area contributed by atoms with Crippen molar-refractivity contribution in [3.05, 3.63) is 58.8 Å². The van der Waals surface area contributed by atoms with Gasteiger partial charge in [0.1, 0.15) is 5.75 Å². The fourth-order valence-electron chi connectivity index (χ4n) is 4.26. The van der Waals surface area contributed by atoms with E-state index in [-0.39, 0.29) is 18.0 Å². The molecule has 0 radical (unpaired) electrons. The number of piperazine rings is 1. The summed E-state index contributed by atoms with van der Waals surface area (Å²) in [7, 11) is 1.59. The fraction of sp³-hybridized carbons (Fsp3) is 0.300. The predicted molar refractivity (Wildman–Crippen MR) is 110 cm³/mol. The largest absolute Gasteiger partial charge is 0.495 e. The molecular weight excluding hydrogens is 396 g/mol. The highest BCUT2D eigenvalue weighted by Gasteiger charge is 2.50. The smallest absolute Gasteiger partial charge is 0.244 e. The van der Waals surface area contributed by atoms with Crippen LogP contribution in [0.2, 0.25) is 5.02 Å². The number of benzene rings is 1. The quantitative estimate of drug-likeness (QED) is 0.640. The van der Waals surface area contributed by atoms with Gasteiger partial charge in [0, 0.05) is 42.2 Å². The number of ether oxygens (including phenoxy) is 1. The molecule has 0 aliphatic carbocycles. The summed E-state index contributed by atoms with van der Waals surface area (Å²) in [5, 5.41) is 3.44. The summed E-state index contributed by atoms with van der Waals surface area (Å²) < 4.78 is 7.32. The first-order chi connectivity index (χ1) is 13.7. The Morgan fingerprint density at radius 1 is 1.36 bits per heavy atom. The van der Waals surface area contributed by atoms with E-state index in [1.54, 1.807) is 18.4 Å². The molecule has 2 bridgehead atoms. The number of rotatable bonds is 5. The normalized spacial score (nSPS) is 21.6. The third kappa shape index (κ3) is 2.82. The van der Waals surface area contributed by atoms with Gasteiger partial charge in [0.2, 0.25) is 5.91 Å². The molecule has 2 aliphatic rings. The number of likely N-dealkylation sites (tertiary alicyclic amines) is 1. The average molecular weight is 415 g/mol. The van der Waals surface area contributed by atoms with E-state index in [0.717, 1.165) is 36.0 Å². The molecule has 28 heavy (non-hydrogen) atoms. The van der Waals surface area contributed by atoms with Gasteiger partial charge in [-0.3, -0.25) is 14.3 Å². The second kappa shape index (κ2) is 6.92. The van der Waals surface area contributed by atoms with Crippen LogP contribution >= 0.6 is 22.9 Å². The zero-order chi connectivity index (χ0) is 19.3. The second-order valence-electron chi connectivity index (χ2n) is 7.05. The number of nitrogens with zero attached hydrogens (tertiary/aromatic N) is 4. The van der Waals surface area contributed by atoms with Gasteiger partial charge >= 0.3 is 0 Å². The van der Waals surface area contributed by atoms with Crippen LogP contribution in [-0.2, 0) is 11.3 Å². The monoisotopic (exact) mass is 414 g/mol. The van der Waals surface area contributed by atoms with Gasteiger partial charge in [0.25, 0.3) is 0 Å². The molecule has 8 heteroatoms. The highest BCUT2D eigenvalue weighted by molar-refractivity contribution is 7.12. The molecule has 2 atom stereocenters. The van der Waals surface area contributed by atoms with E-state index in [1.807, 2.05) is 46.9 Å². The van der Waals surface area contributed by atoms with Crippen molar-refractivity contribution in [2.45, 2.75) is 25.0 Å². The lowest BCUT2D eigenvalue weighted by atomic mass is 10.2. The first-order valence-electron chi connectivity index (χ1n) is 9.12. The van der Waals surface area contributed by atoms with Crippen molar-refractivity contribution < 1.29 is 9.53 Å². The van der Waals surface area contributed by atoms with E-state index in [2.05, 4.69) is 20.5 Å². The predicted octanol–water partition coefficient (Wildman–Crippen LogP) is 3.59. The number of aromatic nitrogens is 2. The van der Waals surface area contributed by atoms with E-state index in [0.29, 0.717) is 10.8 Å². The topological polar surface area (TPSA) is 50.6 Å². The highest BCUT2D eigenvalue weighted by Crippen LogP contribution is 2.39. The van der Waals surface area contributed by atoms with Crippen molar-refractivity contribution in [3.63, 3.8) is 0 Å². The summed E-state index contributed by atoms with van der Waals surface area (Å²) in [6.07, 6.45) is 4.68. The van der Waals surface area contributed by atoms with Crippen molar-refractivity contribution >= 4 is 34.5 Å². The summed E-state index contributed by atoms with van der Waals surface area (Å²) >= 11 is 7.87. The van der Waals surface area contributed by atoms with Crippen LogP contribution in [0.5, 0.6) is 5.75 Å². The number of hydrogen-bond donors (Lipinski definition) is 0. The van der Waals surface area contributed by atoms with Crippen LogP contribution in [0.3, 0.4) is 0 Å². The van der Waals surface area contributed by atoms with Crippen LogP contribution in [0.25, 0.3) is 5.13 Å². The number of methoxy groups -OCH3 is 1. The maximum absolute atomic E-state index is 13.1. The molecule has 0 unspecified atom stereocenters. The Bertz CT molecular complexity index is 1020. The molecule has 0 saturated carbocycles. The number of halogens is 1. The van der Waals surface area contributed by atoms with Gasteiger partial charge in [0.15, 0.2) is 5.13 Å². The lowest BCUT2D eigenvalue weighted by Gasteiger charge is -2.34. The molecule has 4 heterocycles. The van der Waals surface area contributed by atoms with Gasteiger partial charge in [-0.15, -0.1) is 11.3 Å². The number of carbonyl (C=O) groups is 1.